The SMILES string of the molecule is CCc1nc2c(c(C)c1[C@H](O)c1ccc(C(F)(F)F)cc1)C(O[Si-](C)(C)C(C)(C)C)CC(C)(C)C2. The molecule has 1 aliphatic rings. The molecule has 1 heterocycles. The fourth-order valence-electron chi connectivity index (χ4n) is 4.84. The van der Waals surface area contributed by atoms with Crippen molar-refractivity contribution in [1.82, 2.24) is 4.98 Å². The van der Waals surface area contributed by atoms with Gasteiger partial charge in [0.25, 0.3) is 0 Å². The van der Waals surface area contributed by atoms with Gasteiger partial charge in [0.2, 0.25) is 0 Å². The Morgan fingerprint density at radius 2 is 1.71 bits per heavy atom. The first-order valence-electron chi connectivity index (χ1n) is 12.4. The zero-order valence-corrected chi connectivity index (χ0v) is 23.5. The molecule has 0 bridgehead atoms. The molecule has 195 valence electrons. The van der Waals surface area contributed by atoms with E-state index in [1.807, 2.05) is 13.8 Å². The summed E-state index contributed by atoms with van der Waals surface area (Å²) in [4.78, 5) is 5.03. The van der Waals surface area contributed by atoms with E-state index >= 15 is 0 Å². The standard InChI is InChI=1S/C28H40F3NO2Si/c1-10-20-24(25(33)18-11-13-19(14-12-18)28(29,30)31)17(2)23-21(32-20)15-27(6,7)16-22(23)34-35(8,9)26(3,4)5/h11-14,22,25,33H,10,15-16H2,1-9H3/q-1/t22?,25-/m1/s1. The van der Waals surface area contributed by atoms with Crippen LogP contribution in [0, 0.1) is 12.3 Å². The monoisotopic (exact) mass is 507 g/mol. The maximum absolute atomic E-state index is 13.1. The highest BCUT2D eigenvalue weighted by Crippen LogP contribution is 2.49. The molecule has 3 nitrogen and oxygen atoms in total. The second-order valence-corrected chi connectivity index (χ2v) is 17.0. The third kappa shape index (κ3) is 5.67. The number of aliphatic hydroxyl groups excluding tert-OH is 1. The minimum absolute atomic E-state index is 0.0258. The molecule has 0 fully saturated rings. The number of aromatic nitrogens is 1. The number of benzene rings is 1. The van der Waals surface area contributed by atoms with E-state index < -0.39 is 26.2 Å². The molecule has 7 heteroatoms. The zero-order valence-electron chi connectivity index (χ0n) is 22.5. The number of halogens is 3. The topological polar surface area (TPSA) is 42.4 Å². The van der Waals surface area contributed by atoms with Gasteiger partial charge in [0.05, 0.1) is 5.56 Å². The average molecular weight is 508 g/mol. The maximum Gasteiger partial charge on any atom is 0.416 e. The Morgan fingerprint density at radius 3 is 2.20 bits per heavy atom. The lowest BCUT2D eigenvalue weighted by molar-refractivity contribution is -0.137. The van der Waals surface area contributed by atoms with Crippen LogP contribution in [-0.4, -0.2) is 18.4 Å². The second-order valence-electron chi connectivity index (χ2n) is 12.2. The summed E-state index contributed by atoms with van der Waals surface area (Å²) in [6, 6.07) is 4.77. The van der Waals surface area contributed by atoms with Crippen LogP contribution in [0.4, 0.5) is 13.2 Å². The van der Waals surface area contributed by atoms with Gasteiger partial charge in [0.1, 0.15) is 6.10 Å². The van der Waals surface area contributed by atoms with Crippen molar-refractivity contribution in [3.05, 3.63) is 63.5 Å². The van der Waals surface area contributed by atoms with Crippen LogP contribution in [0.1, 0.15) is 99.4 Å². The third-order valence-corrected chi connectivity index (χ3v) is 12.3. The summed E-state index contributed by atoms with van der Waals surface area (Å²) >= 11 is 0. The van der Waals surface area contributed by atoms with E-state index in [4.69, 9.17) is 9.41 Å². The Balaban J connectivity index is 2.13. The predicted octanol–water partition coefficient (Wildman–Crippen LogP) is 8.09. The molecule has 0 saturated carbocycles. The summed E-state index contributed by atoms with van der Waals surface area (Å²) in [6.45, 7) is 19.6. The van der Waals surface area contributed by atoms with Gasteiger partial charge in [-0.25, -0.2) is 0 Å². The van der Waals surface area contributed by atoms with E-state index in [0.717, 1.165) is 47.5 Å². The fraction of sp³-hybridized carbons (Fsp3) is 0.607. The van der Waals surface area contributed by atoms with E-state index in [1.165, 1.54) is 12.1 Å². The molecule has 2 atom stereocenters. The summed E-state index contributed by atoms with van der Waals surface area (Å²) in [7, 11) is -2.10. The van der Waals surface area contributed by atoms with Crippen LogP contribution in [0.25, 0.3) is 0 Å². The molecule has 3 rings (SSSR count). The third-order valence-electron chi connectivity index (χ3n) is 7.81. The van der Waals surface area contributed by atoms with E-state index in [0.29, 0.717) is 17.5 Å². The van der Waals surface area contributed by atoms with Crippen LogP contribution in [0.5, 0.6) is 0 Å². The number of aliphatic hydroxyl groups is 1. The van der Waals surface area contributed by atoms with Crippen molar-refractivity contribution in [1.29, 1.82) is 0 Å². The minimum Gasteiger partial charge on any atom is -0.559 e. The van der Waals surface area contributed by atoms with Gasteiger partial charge in [0.15, 0.2) is 0 Å². The van der Waals surface area contributed by atoms with Crippen molar-refractivity contribution in [2.75, 3.05) is 0 Å². The van der Waals surface area contributed by atoms with Gasteiger partial charge in [-0.3, -0.25) is 4.98 Å². The lowest BCUT2D eigenvalue weighted by atomic mass is 9.73. The van der Waals surface area contributed by atoms with Crippen molar-refractivity contribution >= 4 is 8.32 Å². The highest BCUT2D eigenvalue weighted by molar-refractivity contribution is 6.74. The second kappa shape index (κ2) is 9.31. The summed E-state index contributed by atoms with van der Waals surface area (Å²) in [5, 5.41) is 11.4. The average Bonchev–Trinajstić information content (AvgIpc) is 2.70. The first-order valence-corrected chi connectivity index (χ1v) is 15.3. The molecular formula is C28H40F3NO2Si-. The van der Waals surface area contributed by atoms with Crippen LogP contribution in [0.15, 0.2) is 24.3 Å². The number of pyridine rings is 1. The Bertz CT molecular complexity index is 1070. The number of aryl methyl sites for hydroxylation is 1. The van der Waals surface area contributed by atoms with Crippen LogP contribution in [0.2, 0.25) is 18.1 Å². The van der Waals surface area contributed by atoms with Gasteiger partial charge >= 0.3 is 6.18 Å². The quantitative estimate of drug-likeness (QED) is 0.416. The number of fused-ring (bicyclic) bond motifs is 1. The Morgan fingerprint density at radius 1 is 1.14 bits per heavy atom. The maximum atomic E-state index is 13.1. The minimum atomic E-state index is -4.41. The van der Waals surface area contributed by atoms with E-state index in [-0.39, 0.29) is 16.6 Å². The molecule has 35 heavy (non-hydrogen) atoms. The van der Waals surface area contributed by atoms with Crippen LogP contribution >= 0.6 is 0 Å². The number of hydrogen-bond acceptors (Lipinski definition) is 3. The molecule has 1 unspecified atom stereocenters. The number of hydrogen-bond donors (Lipinski definition) is 1. The molecule has 2 aromatic rings. The highest BCUT2D eigenvalue weighted by atomic mass is 28.4. The van der Waals surface area contributed by atoms with Crippen molar-refractivity contribution in [3.8, 4) is 0 Å². The molecule has 0 saturated heterocycles. The largest absolute Gasteiger partial charge is 0.559 e. The first kappa shape index (κ1) is 27.9. The molecule has 1 N–H and O–H groups in total. The van der Waals surface area contributed by atoms with Crippen LogP contribution < -0.4 is 0 Å². The summed E-state index contributed by atoms with van der Waals surface area (Å²) in [5.74, 6) is 0. The summed E-state index contributed by atoms with van der Waals surface area (Å²) in [5.41, 5.74) is 4.21. The van der Waals surface area contributed by atoms with Gasteiger partial charge in [-0.15, -0.1) is 18.1 Å². The lowest BCUT2D eigenvalue weighted by Crippen LogP contribution is -2.44. The predicted molar refractivity (Wildman–Crippen MR) is 137 cm³/mol. The van der Waals surface area contributed by atoms with Crippen molar-refractivity contribution in [3.63, 3.8) is 0 Å². The summed E-state index contributed by atoms with van der Waals surface area (Å²) < 4.78 is 46.1. The van der Waals surface area contributed by atoms with E-state index in [1.54, 1.807) is 0 Å². The molecule has 1 aromatic heterocycles. The smallest absolute Gasteiger partial charge is 0.416 e. The Labute approximate surface area is 209 Å². The number of rotatable bonds is 5. The lowest BCUT2D eigenvalue weighted by Gasteiger charge is -2.53. The Kier molecular flexibility index (Phi) is 7.41. The first-order chi connectivity index (χ1) is 15.9. The normalized spacial score (nSPS) is 19.4. The van der Waals surface area contributed by atoms with Gasteiger partial charge in [-0.05, 0) is 63.2 Å². The van der Waals surface area contributed by atoms with Crippen LogP contribution in [0.3, 0.4) is 0 Å². The molecule has 1 aromatic carbocycles. The molecular weight excluding hydrogens is 467 g/mol. The summed E-state index contributed by atoms with van der Waals surface area (Å²) in [6.07, 6.45) is -3.31. The Hall–Kier alpha value is -1.70. The van der Waals surface area contributed by atoms with Gasteiger partial charge in [-0.2, -0.15) is 13.2 Å². The highest BCUT2D eigenvalue weighted by Gasteiger charge is 2.39. The van der Waals surface area contributed by atoms with Crippen molar-refractivity contribution in [2.24, 2.45) is 5.41 Å². The number of alkyl halides is 3. The molecule has 1 aliphatic carbocycles. The molecule has 0 aliphatic heterocycles. The van der Waals surface area contributed by atoms with Crippen molar-refractivity contribution in [2.45, 2.75) is 104 Å². The van der Waals surface area contributed by atoms with Crippen LogP contribution in [-0.2, 0) is 23.4 Å². The van der Waals surface area contributed by atoms with Gasteiger partial charge in [-0.1, -0.05) is 53.7 Å². The molecule has 0 amide bonds. The molecule has 0 spiro atoms. The van der Waals surface area contributed by atoms with E-state index in [9.17, 15) is 18.3 Å². The zero-order chi connectivity index (χ0) is 26.6. The fourth-order valence-corrected chi connectivity index (χ4v) is 6.11. The van der Waals surface area contributed by atoms with Crippen molar-refractivity contribution < 1.29 is 22.7 Å². The number of nitrogens with zero attached hydrogens (tertiary/aromatic N) is 1. The molecule has 0 radical (unpaired) electrons. The van der Waals surface area contributed by atoms with Gasteiger partial charge in [0, 0.05) is 28.6 Å². The van der Waals surface area contributed by atoms with Gasteiger partial charge < -0.3 is 9.53 Å². The van der Waals surface area contributed by atoms with E-state index in [2.05, 4.69) is 47.7 Å².